The Morgan fingerprint density at radius 1 is 1.20 bits per heavy atom. The summed E-state index contributed by atoms with van der Waals surface area (Å²) >= 11 is 0. The van der Waals surface area contributed by atoms with Gasteiger partial charge in [0.05, 0.1) is 22.3 Å². The number of carboxylic acid groups (broad SMARTS) is 1. The minimum atomic E-state index is -1.77. The number of nitrogens with two attached hydrogens (primary N) is 1. The third-order valence-corrected chi connectivity index (χ3v) is 6.24. The van der Waals surface area contributed by atoms with Crippen LogP contribution in [0.1, 0.15) is 22.0 Å². The quantitative estimate of drug-likeness (QED) is 0.354. The molecule has 0 saturated carbocycles. The van der Waals surface area contributed by atoms with Crippen LogP contribution in [0.15, 0.2) is 65.7 Å². The Labute approximate surface area is 199 Å². The van der Waals surface area contributed by atoms with Gasteiger partial charge in [-0.15, -0.1) is 0 Å². The summed E-state index contributed by atoms with van der Waals surface area (Å²) in [5, 5.41) is 16.1. The summed E-state index contributed by atoms with van der Waals surface area (Å²) in [4.78, 5) is 29.1. The van der Waals surface area contributed by atoms with E-state index in [1.54, 1.807) is 10.8 Å². The van der Waals surface area contributed by atoms with Gasteiger partial charge in [0, 0.05) is 25.5 Å². The van der Waals surface area contributed by atoms with E-state index in [1.165, 1.54) is 6.20 Å². The van der Waals surface area contributed by atoms with Gasteiger partial charge in [-0.1, -0.05) is 36.4 Å². The number of nitrogens with one attached hydrogen (secondary N) is 2. The number of ether oxygens (including phenoxy) is 1. The Hall–Kier alpha value is -4.18. The zero-order valence-corrected chi connectivity index (χ0v) is 18.6. The van der Waals surface area contributed by atoms with Crippen LogP contribution >= 0.6 is 0 Å². The van der Waals surface area contributed by atoms with Crippen molar-refractivity contribution in [2.75, 3.05) is 25.0 Å². The highest BCUT2D eigenvalue weighted by atomic mass is 19.1. The maximum Gasteiger partial charge on any atom is 0.341 e. The van der Waals surface area contributed by atoms with Crippen LogP contribution in [-0.2, 0) is 4.74 Å². The fourth-order valence-electron chi connectivity index (χ4n) is 4.57. The second kappa shape index (κ2) is 9.22. The number of carbonyl (C=O) groups is 1. The largest absolute Gasteiger partial charge is 0.491 e. The number of rotatable bonds is 7. The van der Waals surface area contributed by atoms with E-state index in [0.29, 0.717) is 24.3 Å². The Kier molecular flexibility index (Phi) is 5.96. The van der Waals surface area contributed by atoms with Gasteiger partial charge in [-0.2, -0.15) is 0 Å². The molecule has 2 aromatic heterocycles. The fourth-order valence-corrected chi connectivity index (χ4v) is 4.57. The molecule has 0 amide bonds. The van der Waals surface area contributed by atoms with Crippen molar-refractivity contribution in [3.8, 4) is 0 Å². The number of carboxylic acids is 1. The Bertz CT molecular complexity index is 1440. The standard InChI is InChI=1S/C25H24FN5O4/c26-19-20(27)18-22-24(21(19)30-11-10-29-17-8-4-5-9-28-17)35-13-16(14-6-2-1-3-7-14)31(22)12-15(23(18)32)25(33)34/h1-9,12,16,19,21,30H,10-11,13,27H2,(H,28,29)(H,33,34)/t16-,19?,21?/m1/s1. The maximum absolute atomic E-state index is 15.5. The first-order valence-corrected chi connectivity index (χ1v) is 11.2. The first kappa shape index (κ1) is 22.6. The van der Waals surface area contributed by atoms with Crippen molar-refractivity contribution in [2.24, 2.45) is 5.73 Å². The number of halogens is 1. The van der Waals surface area contributed by atoms with Crippen LogP contribution in [-0.4, -0.2) is 52.5 Å². The molecule has 1 aliphatic carbocycles. The molecule has 35 heavy (non-hydrogen) atoms. The van der Waals surface area contributed by atoms with Gasteiger partial charge >= 0.3 is 5.97 Å². The van der Waals surface area contributed by atoms with Gasteiger partial charge < -0.3 is 30.8 Å². The summed E-state index contributed by atoms with van der Waals surface area (Å²) in [7, 11) is 0. The number of hydrogen-bond donors (Lipinski definition) is 4. The van der Waals surface area contributed by atoms with Crippen LogP contribution in [0, 0.1) is 0 Å². The zero-order chi connectivity index (χ0) is 24.5. The summed E-state index contributed by atoms with van der Waals surface area (Å²) in [6.07, 6.45) is 1.20. The lowest BCUT2D eigenvalue weighted by Crippen LogP contribution is -2.62. The van der Waals surface area contributed by atoms with Crippen molar-refractivity contribution in [2.45, 2.75) is 18.3 Å². The molecule has 0 bridgehead atoms. The number of hydrogen-bond acceptors (Lipinski definition) is 7. The minimum Gasteiger partial charge on any atom is -0.491 e. The van der Waals surface area contributed by atoms with E-state index in [2.05, 4.69) is 15.6 Å². The highest BCUT2D eigenvalue weighted by molar-refractivity contribution is 5.87. The molecule has 10 heteroatoms. The molecule has 1 aromatic carbocycles. The molecule has 0 radical (unpaired) electrons. The van der Waals surface area contributed by atoms with E-state index in [9.17, 15) is 14.7 Å². The average molecular weight is 477 g/mol. The molecular weight excluding hydrogens is 453 g/mol. The van der Waals surface area contributed by atoms with Gasteiger partial charge in [0.1, 0.15) is 29.8 Å². The maximum atomic E-state index is 15.5. The SMILES string of the molecule is NC1=c2c(=O)c(C(=O)O)cn3c2=C(OC[C@@H]3c2ccccc2)C(NCCNc2ccccn2)C1F. The number of aromatic carboxylic acids is 1. The van der Waals surface area contributed by atoms with Crippen LogP contribution in [0.2, 0.25) is 0 Å². The third kappa shape index (κ3) is 4.01. The number of anilines is 1. The second-order valence-electron chi connectivity index (χ2n) is 8.34. The first-order chi connectivity index (χ1) is 17.0. The van der Waals surface area contributed by atoms with E-state index >= 15 is 4.39 Å². The van der Waals surface area contributed by atoms with Gasteiger partial charge in [-0.05, 0) is 17.7 Å². The van der Waals surface area contributed by atoms with Gasteiger partial charge in [-0.25, -0.2) is 14.2 Å². The van der Waals surface area contributed by atoms with E-state index in [-0.39, 0.29) is 23.3 Å². The summed E-state index contributed by atoms with van der Waals surface area (Å²) in [5.74, 6) is -0.473. The van der Waals surface area contributed by atoms with E-state index in [0.717, 1.165) is 5.56 Å². The third-order valence-electron chi connectivity index (χ3n) is 6.24. The first-order valence-electron chi connectivity index (χ1n) is 11.2. The Morgan fingerprint density at radius 2 is 1.97 bits per heavy atom. The summed E-state index contributed by atoms with van der Waals surface area (Å²) in [6, 6.07) is 13.5. The molecule has 3 heterocycles. The van der Waals surface area contributed by atoms with E-state index < -0.39 is 35.2 Å². The summed E-state index contributed by atoms with van der Waals surface area (Å²) < 4.78 is 23.3. The lowest BCUT2D eigenvalue weighted by atomic mass is 9.95. The summed E-state index contributed by atoms with van der Waals surface area (Å²) in [5.41, 5.74) is 5.40. The van der Waals surface area contributed by atoms with Gasteiger partial charge in [-0.3, -0.25) is 4.79 Å². The highest BCUT2D eigenvalue weighted by Crippen LogP contribution is 2.26. The van der Waals surface area contributed by atoms with Crippen LogP contribution < -0.4 is 32.4 Å². The predicted molar refractivity (Wildman–Crippen MR) is 128 cm³/mol. The van der Waals surface area contributed by atoms with Crippen LogP contribution in [0.4, 0.5) is 10.2 Å². The van der Waals surface area contributed by atoms with Crippen LogP contribution in [0.3, 0.4) is 0 Å². The second-order valence-corrected chi connectivity index (χ2v) is 8.34. The number of pyridine rings is 2. The molecule has 3 aromatic rings. The normalized spacial score (nSPS) is 20.7. The molecule has 1 aliphatic heterocycles. The number of alkyl halides is 1. The van der Waals surface area contributed by atoms with Crippen LogP contribution in [0.25, 0.3) is 11.5 Å². The van der Waals surface area contributed by atoms with Crippen molar-refractivity contribution < 1.29 is 19.0 Å². The highest BCUT2D eigenvalue weighted by Gasteiger charge is 2.38. The lowest BCUT2D eigenvalue weighted by molar-refractivity contribution is 0.0693. The van der Waals surface area contributed by atoms with E-state index in [1.807, 2.05) is 48.5 Å². The fraction of sp³-hybridized carbons (Fsp3) is 0.240. The molecule has 0 saturated heterocycles. The minimum absolute atomic E-state index is 0.144. The lowest BCUT2D eigenvalue weighted by Gasteiger charge is -2.36. The number of benzene rings is 1. The monoisotopic (exact) mass is 477 g/mol. The van der Waals surface area contributed by atoms with Crippen molar-refractivity contribution >= 4 is 23.2 Å². The molecule has 0 fully saturated rings. The Balaban J connectivity index is 1.58. The number of aromatic nitrogens is 2. The molecule has 5 rings (SSSR count). The van der Waals surface area contributed by atoms with Crippen molar-refractivity contribution in [3.05, 3.63) is 92.8 Å². The topological polar surface area (TPSA) is 132 Å². The van der Waals surface area contributed by atoms with Crippen molar-refractivity contribution in [3.63, 3.8) is 0 Å². The molecule has 2 aliphatic rings. The van der Waals surface area contributed by atoms with Crippen molar-refractivity contribution in [1.82, 2.24) is 14.9 Å². The molecule has 2 unspecified atom stereocenters. The van der Waals surface area contributed by atoms with Gasteiger partial charge in [0.2, 0.25) is 5.43 Å². The molecular formula is C25H24FN5O4. The molecule has 9 nitrogen and oxygen atoms in total. The van der Waals surface area contributed by atoms with Gasteiger partial charge in [0.25, 0.3) is 0 Å². The summed E-state index contributed by atoms with van der Waals surface area (Å²) in [6.45, 7) is 0.957. The van der Waals surface area contributed by atoms with Crippen LogP contribution in [0.5, 0.6) is 0 Å². The van der Waals surface area contributed by atoms with Gasteiger partial charge in [0.15, 0.2) is 6.17 Å². The Morgan fingerprint density at radius 3 is 2.69 bits per heavy atom. The van der Waals surface area contributed by atoms with Crippen molar-refractivity contribution in [1.29, 1.82) is 0 Å². The zero-order valence-electron chi connectivity index (χ0n) is 18.6. The smallest absolute Gasteiger partial charge is 0.341 e. The number of nitrogens with zero attached hydrogens (tertiary/aromatic N) is 2. The molecule has 180 valence electrons. The predicted octanol–water partition coefficient (Wildman–Crippen LogP) is 0.158. The molecule has 5 N–H and O–H groups in total. The molecule has 3 atom stereocenters. The molecule has 0 spiro atoms. The van der Waals surface area contributed by atoms with E-state index in [4.69, 9.17) is 10.5 Å². The average Bonchev–Trinajstić information content (AvgIpc) is 2.88.